The van der Waals surface area contributed by atoms with E-state index in [9.17, 15) is 13.2 Å². The van der Waals surface area contributed by atoms with E-state index in [4.69, 9.17) is 21.1 Å². The number of rotatable bonds is 4. The summed E-state index contributed by atoms with van der Waals surface area (Å²) in [4.78, 5) is 15.2. The van der Waals surface area contributed by atoms with Crippen LogP contribution in [-0.4, -0.2) is 62.1 Å². The predicted octanol–water partition coefficient (Wildman–Crippen LogP) is 2.52. The number of morpholine rings is 1. The Morgan fingerprint density at radius 1 is 1.23 bits per heavy atom. The zero-order chi connectivity index (χ0) is 21.5. The lowest BCUT2D eigenvalue weighted by molar-refractivity contribution is 0.0730. The molecule has 3 heterocycles. The maximum atomic E-state index is 13.5. The number of benzene rings is 1. The van der Waals surface area contributed by atoms with Crippen molar-refractivity contribution < 1.29 is 22.7 Å². The molecule has 2 aliphatic heterocycles. The quantitative estimate of drug-likeness (QED) is 0.710. The smallest absolute Gasteiger partial charge is 0.275 e. The lowest BCUT2D eigenvalue weighted by Gasteiger charge is -2.34. The van der Waals surface area contributed by atoms with Crippen LogP contribution in [0, 0.1) is 0 Å². The van der Waals surface area contributed by atoms with Gasteiger partial charge in [-0.25, -0.2) is 8.42 Å². The molecule has 1 aromatic carbocycles. The van der Waals surface area contributed by atoms with Gasteiger partial charge < -0.3 is 14.0 Å². The van der Waals surface area contributed by atoms with Gasteiger partial charge in [-0.15, -0.1) is 0 Å². The van der Waals surface area contributed by atoms with Crippen LogP contribution < -0.4 is 9.64 Å². The minimum Gasteiger partial charge on any atom is -0.486 e. The minimum atomic E-state index is -3.69. The number of ether oxygens (including phenoxy) is 2. The molecule has 0 unspecified atom stereocenters. The second-order valence-electron chi connectivity index (χ2n) is 7.36. The molecule has 30 heavy (non-hydrogen) atoms. The Hall–Kier alpha value is -2.07. The molecule has 0 radical (unpaired) electrons. The Morgan fingerprint density at radius 3 is 2.67 bits per heavy atom. The van der Waals surface area contributed by atoms with Crippen LogP contribution in [0.15, 0.2) is 35.4 Å². The van der Waals surface area contributed by atoms with Crippen LogP contribution in [0.4, 0.5) is 5.69 Å². The Bertz CT molecular complexity index is 1060. The van der Waals surface area contributed by atoms with Gasteiger partial charge in [0.15, 0.2) is 0 Å². The van der Waals surface area contributed by atoms with E-state index in [2.05, 4.69) is 0 Å². The molecule has 10 heteroatoms. The summed E-state index contributed by atoms with van der Waals surface area (Å²) in [5.74, 6) is 0.285. The number of amides is 1. The normalized spacial score (nSPS) is 20.0. The number of halogens is 1. The van der Waals surface area contributed by atoms with Crippen LogP contribution in [0.3, 0.4) is 0 Å². The minimum absolute atomic E-state index is 0.0990. The monoisotopic (exact) mass is 453 g/mol. The van der Waals surface area contributed by atoms with Gasteiger partial charge in [0.05, 0.1) is 25.4 Å². The fourth-order valence-electron chi connectivity index (χ4n) is 3.69. The van der Waals surface area contributed by atoms with Gasteiger partial charge in [0.1, 0.15) is 22.4 Å². The van der Waals surface area contributed by atoms with Crippen molar-refractivity contribution in [3.8, 4) is 5.75 Å². The zero-order valence-corrected chi connectivity index (χ0v) is 18.4. The number of hydrogen-bond acceptors (Lipinski definition) is 5. The largest absolute Gasteiger partial charge is 0.486 e. The first-order valence-electron chi connectivity index (χ1n) is 9.83. The van der Waals surface area contributed by atoms with E-state index in [0.29, 0.717) is 49.3 Å². The lowest BCUT2D eigenvalue weighted by atomic mass is 10.1. The summed E-state index contributed by atoms with van der Waals surface area (Å²) < 4.78 is 40.1. The first-order valence-corrected chi connectivity index (χ1v) is 11.7. The Kier molecular flexibility index (Phi) is 5.80. The van der Waals surface area contributed by atoms with Crippen LogP contribution in [-0.2, 0) is 21.8 Å². The van der Waals surface area contributed by atoms with Gasteiger partial charge in [-0.3, -0.25) is 9.69 Å². The Balaban J connectivity index is 1.68. The van der Waals surface area contributed by atoms with Crippen LogP contribution in [0.25, 0.3) is 0 Å². The molecule has 1 fully saturated rings. The van der Waals surface area contributed by atoms with Gasteiger partial charge in [0.2, 0.25) is 10.0 Å². The molecule has 162 valence electrons. The van der Waals surface area contributed by atoms with Gasteiger partial charge >= 0.3 is 0 Å². The first kappa shape index (κ1) is 21.2. The van der Waals surface area contributed by atoms with Crippen molar-refractivity contribution in [2.24, 2.45) is 7.05 Å². The third-order valence-corrected chi connectivity index (χ3v) is 7.50. The molecule has 1 aromatic heterocycles. The van der Waals surface area contributed by atoms with Crippen molar-refractivity contribution in [3.63, 3.8) is 0 Å². The lowest BCUT2D eigenvalue weighted by Crippen LogP contribution is -2.43. The molecule has 0 aliphatic carbocycles. The second-order valence-corrected chi connectivity index (χ2v) is 9.74. The second kappa shape index (κ2) is 8.22. The molecular weight excluding hydrogens is 430 g/mol. The third-order valence-electron chi connectivity index (χ3n) is 5.40. The highest BCUT2D eigenvalue weighted by Crippen LogP contribution is 2.37. The number of fused-ring (bicyclic) bond motifs is 1. The number of aromatic nitrogens is 1. The maximum absolute atomic E-state index is 13.5. The summed E-state index contributed by atoms with van der Waals surface area (Å²) in [6, 6.07) is 6.60. The van der Waals surface area contributed by atoms with E-state index in [1.807, 2.05) is 6.92 Å². The van der Waals surface area contributed by atoms with E-state index in [0.717, 1.165) is 6.42 Å². The zero-order valence-electron chi connectivity index (χ0n) is 16.9. The standard InChI is InChI=1S/C20H24ClN3O5S/c1-3-15-12-24(17-10-14(21)4-5-19(17)29-15)20(25)18-11-16(13-22(18)2)30(26,27)23-6-8-28-9-7-23/h4-5,10-11,13,15H,3,6-9,12H2,1-2H3/t15-/m1/s1. The SMILES string of the molecule is CC[C@@H]1CN(C(=O)c2cc(S(=O)(=O)N3CCOCC3)cn2C)c2cc(Cl)ccc2O1. The summed E-state index contributed by atoms with van der Waals surface area (Å²) in [7, 11) is -2.03. The van der Waals surface area contributed by atoms with Crippen molar-refractivity contribution in [1.82, 2.24) is 8.87 Å². The molecular formula is C20H24ClN3O5S. The summed E-state index contributed by atoms with van der Waals surface area (Å²) in [5.41, 5.74) is 0.862. The number of carbonyl (C=O) groups excluding carboxylic acids is 1. The molecule has 2 aromatic rings. The van der Waals surface area contributed by atoms with Crippen molar-refractivity contribution in [1.29, 1.82) is 0 Å². The van der Waals surface area contributed by atoms with Crippen LogP contribution >= 0.6 is 11.6 Å². The van der Waals surface area contributed by atoms with E-state index in [-0.39, 0.29) is 22.6 Å². The number of nitrogens with zero attached hydrogens (tertiary/aromatic N) is 3. The number of sulfonamides is 1. The van der Waals surface area contributed by atoms with Gasteiger partial charge in [-0.2, -0.15) is 4.31 Å². The van der Waals surface area contributed by atoms with Crippen LogP contribution in [0.5, 0.6) is 5.75 Å². The topological polar surface area (TPSA) is 81.1 Å². The van der Waals surface area contributed by atoms with Gasteiger partial charge in [-0.05, 0) is 30.7 Å². The first-order chi connectivity index (χ1) is 14.3. The number of carbonyl (C=O) groups is 1. The molecule has 8 nitrogen and oxygen atoms in total. The molecule has 0 saturated carbocycles. The molecule has 1 amide bonds. The predicted molar refractivity (Wildman–Crippen MR) is 113 cm³/mol. The highest BCUT2D eigenvalue weighted by atomic mass is 35.5. The van der Waals surface area contributed by atoms with Gasteiger partial charge in [0.25, 0.3) is 5.91 Å². The summed E-state index contributed by atoms with van der Waals surface area (Å²) in [6.07, 6.45) is 2.06. The summed E-state index contributed by atoms with van der Waals surface area (Å²) in [6.45, 7) is 3.67. The average Bonchev–Trinajstić information content (AvgIpc) is 3.15. The van der Waals surface area contributed by atoms with Crippen LogP contribution in [0.1, 0.15) is 23.8 Å². The molecule has 1 saturated heterocycles. The van der Waals surface area contributed by atoms with E-state index >= 15 is 0 Å². The number of hydrogen-bond donors (Lipinski definition) is 0. The van der Waals surface area contributed by atoms with Crippen LogP contribution in [0.2, 0.25) is 5.02 Å². The van der Waals surface area contributed by atoms with Crippen molar-refractivity contribution in [2.75, 3.05) is 37.7 Å². The van der Waals surface area contributed by atoms with Crippen molar-refractivity contribution in [3.05, 3.63) is 41.2 Å². The van der Waals surface area contributed by atoms with Crippen molar-refractivity contribution >= 4 is 33.2 Å². The summed E-state index contributed by atoms with van der Waals surface area (Å²) in [5, 5.41) is 0.493. The Labute approximate surface area is 181 Å². The number of aryl methyl sites for hydroxylation is 1. The highest BCUT2D eigenvalue weighted by molar-refractivity contribution is 7.89. The maximum Gasteiger partial charge on any atom is 0.275 e. The molecule has 1 atom stereocenters. The highest BCUT2D eigenvalue weighted by Gasteiger charge is 2.33. The van der Waals surface area contributed by atoms with E-state index in [1.54, 1.807) is 34.7 Å². The average molecular weight is 454 g/mol. The fourth-order valence-corrected chi connectivity index (χ4v) is 5.33. The Morgan fingerprint density at radius 2 is 1.97 bits per heavy atom. The van der Waals surface area contributed by atoms with Gasteiger partial charge in [0, 0.05) is 31.4 Å². The van der Waals surface area contributed by atoms with E-state index in [1.165, 1.54) is 16.6 Å². The van der Waals surface area contributed by atoms with E-state index < -0.39 is 10.0 Å². The molecule has 2 aliphatic rings. The molecule has 4 rings (SSSR count). The third kappa shape index (κ3) is 3.82. The molecule has 0 bridgehead atoms. The molecule has 0 N–H and O–H groups in total. The van der Waals surface area contributed by atoms with Crippen molar-refractivity contribution in [2.45, 2.75) is 24.3 Å². The van der Waals surface area contributed by atoms with Gasteiger partial charge in [-0.1, -0.05) is 18.5 Å². The molecule has 0 spiro atoms. The fraction of sp³-hybridized carbons (Fsp3) is 0.450. The number of anilines is 1. The summed E-state index contributed by atoms with van der Waals surface area (Å²) >= 11 is 6.15.